The summed E-state index contributed by atoms with van der Waals surface area (Å²) in [5.41, 5.74) is 1.12. The van der Waals surface area contributed by atoms with Crippen LogP contribution in [0.3, 0.4) is 0 Å². The molecule has 6 nitrogen and oxygen atoms in total. The van der Waals surface area contributed by atoms with Crippen molar-refractivity contribution >= 4 is 38.8 Å². The molecule has 150 valence electrons. The first-order chi connectivity index (χ1) is 13.2. The van der Waals surface area contributed by atoms with Gasteiger partial charge in [-0.2, -0.15) is 0 Å². The number of halogens is 1. The molecule has 1 atom stereocenters. The number of aromatic nitrogens is 1. The van der Waals surface area contributed by atoms with Crippen molar-refractivity contribution in [2.24, 2.45) is 0 Å². The van der Waals surface area contributed by atoms with Crippen LogP contribution in [-0.2, 0) is 4.74 Å². The maximum Gasteiger partial charge on any atom is 0.407 e. The number of hydrogen-bond acceptors (Lipinski definition) is 4. The van der Waals surface area contributed by atoms with E-state index in [0.717, 1.165) is 34.8 Å². The molecule has 1 N–H and O–H groups in total. The van der Waals surface area contributed by atoms with E-state index in [0.29, 0.717) is 18.6 Å². The van der Waals surface area contributed by atoms with E-state index >= 15 is 0 Å². The molecule has 1 aromatic carbocycles. The van der Waals surface area contributed by atoms with Crippen LogP contribution >= 0.6 is 15.9 Å². The topological polar surface area (TPSA) is 71.5 Å². The molecule has 2 aromatic rings. The Labute approximate surface area is 173 Å². The third-order valence-corrected chi connectivity index (χ3v) is 5.23. The number of nitrogens with zero attached hydrogens (tertiary/aromatic N) is 2. The van der Waals surface area contributed by atoms with Crippen molar-refractivity contribution in [1.82, 2.24) is 15.2 Å². The number of nitrogens with one attached hydrogen (secondary N) is 1. The molecule has 1 aliphatic heterocycles. The Morgan fingerprint density at radius 3 is 2.86 bits per heavy atom. The Hall–Kier alpha value is -2.15. The summed E-state index contributed by atoms with van der Waals surface area (Å²) in [6.07, 6.45) is 3.76. The molecule has 3 rings (SSSR count). The number of alkyl carbamates (subject to hydrolysis) is 1. The maximum absolute atomic E-state index is 13.2. The summed E-state index contributed by atoms with van der Waals surface area (Å²) in [6.45, 7) is 6.73. The molecule has 7 heteroatoms. The molecule has 0 bridgehead atoms. The SMILES string of the molecule is CC(C)(C)NC(=O)OCC[C@@H]1CCCN1C(=O)c1ccnc2ccc(Br)cc12. The molecular weight excluding hydrogens is 422 g/mol. The van der Waals surface area contributed by atoms with Gasteiger partial charge in [-0.25, -0.2) is 4.79 Å². The molecular formula is C21H26BrN3O3. The number of pyridine rings is 1. The minimum Gasteiger partial charge on any atom is -0.449 e. The van der Waals surface area contributed by atoms with Crippen LogP contribution in [0.5, 0.6) is 0 Å². The lowest BCUT2D eigenvalue weighted by Gasteiger charge is -2.26. The highest BCUT2D eigenvalue weighted by Crippen LogP contribution is 2.27. The highest BCUT2D eigenvalue weighted by molar-refractivity contribution is 9.10. The minimum absolute atomic E-state index is 0.00661. The predicted molar refractivity (Wildman–Crippen MR) is 112 cm³/mol. The Kier molecular flexibility index (Phi) is 6.23. The Morgan fingerprint density at radius 1 is 1.32 bits per heavy atom. The molecule has 0 aliphatic carbocycles. The molecule has 0 saturated carbocycles. The van der Waals surface area contributed by atoms with Gasteiger partial charge in [-0.1, -0.05) is 15.9 Å². The van der Waals surface area contributed by atoms with E-state index in [1.54, 1.807) is 12.3 Å². The van der Waals surface area contributed by atoms with Crippen LogP contribution < -0.4 is 5.32 Å². The molecule has 1 aromatic heterocycles. The van der Waals surface area contributed by atoms with Gasteiger partial charge < -0.3 is 15.0 Å². The number of ether oxygens (including phenoxy) is 1. The molecule has 28 heavy (non-hydrogen) atoms. The van der Waals surface area contributed by atoms with Crippen LogP contribution in [0.25, 0.3) is 10.9 Å². The van der Waals surface area contributed by atoms with E-state index < -0.39 is 6.09 Å². The van der Waals surface area contributed by atoms with E-state index in [1.807, 2.05) is 43.9 Å². The minimum atomic E-state index is -0.423. The van der Waals surface area contributed by atoms with Gasteiger partial charge in [0.25, 0.3) is 5.91 Å². The molecule has 0 unspecified atom stereocenters. The van der Waals surface area contributed by atoms with Crippen LogP contribution in [0.4, 0.5) is 4.79 Å². The summed E-state index contributed by atoms with van der Waals surface area (Å²) in [4.78, 5) is 31.3. The number of carbonyl (C=O) groups is 2. The summed E-state index contributed by atoms with van der Waals surface area (Å²) in [6, 6.07) is 7.60. The number of fused-ring (bicyclic) bond motifs is 1. The van der Waals surface area contributed by atoms with Gasteiger partial charge in [-0.15, -0.1) is 0 Å². The van der Waals surface area contributed by atoms with Gasteiger partial charge in [-0.3, -0.25) is 9.78 Å². The van der Waals surface area contributed by atoms with Crippen LogP contribution in [0.15, 0.2) is 34.9 Å². The molecule has 1 saturated heterocycles. The smallest absolute Gasteiger partial charge is 0.407 e. The van der Waals surface area contributed by atoms with Crippen molar-refractivity contribution in [3.8, 4) is 0 Å². The number of likely N-dealkylation sites (tertiary alicyclic amines) is 1. The summed E-state index contributed by atoms with van der Waals surface area (Å²) >= 11 is 3.47. The van der Waals surface area contributed by atoms with E-state index in [4.69, 9.17) is 4.74 Å². The van der Waals surface area contributed by atoms with E-state index in [-0.39, 0.29) is 17.5 Å². The number of rotatable bonds is 4. The monoisotopic (exact) mass is 447 g/mol. The van der Waals surface area contributed by atoms with E-state index in [1.165, 1.54) is 0 Å². The zero-order valence-corrected chi connectivity index (χ0v) is 18.1. The van der Waals surface area contributed by atoms with Crippen LogP contribution in [0.2, 0.25) is 0 Å². The van der Waals surface area contributed by atoms with Gasteiger partial charge in [-0.05, 0) is 57.9 Å². The van der Waals surface area contributed by atoms with E-state index in [9.17, 15) is 9.59 Å². The Morgan fingerprint density at radius 2 is 2.11 bits per heavy atom. The quantitative estimate of drug-likeness (QED) is 0.747. The standard InChI is InChI=1S/C21H26BrN3O3/c1-21(2,3)24-20(27)28-12-9-15-5-4-11-25(15)19(26)16-8-10-23-18-7-6-14(22)13-17(16)18/h6-8,10,13,15H,4-5,9,11-12H2,1-3H3,(H,24,27)/t15-/m0/s1. The van der Waals surface area contributed by atoms with Gasteiger partial charge >= 0.3 is 6.09 Å². The highest BCUT2D eigenvalue weighted by Gasteiger charge is 2.30. The summed E-state index contributed by atoms with van der Waals surface area (Å²) in [7, 11) is 0. The van der Waals surface area contributed by atoms with Crippen LogP contribution in [0.1, 0.15) is 50.4 Å². The lowest BCUT2D eigenvalue weighted by Crippen LogP contribution is -2.41. The van der Waals surface area contributed by atoms with Crippen molar-refractivity contribution in [2.45, 2.75) is 51.6 Å². The van der Waals surface area contributed by atoms with Crippen molar-refractivity contribution in [2.75, 3.05) is 13.2 Å². The third-order valence-electron chi connectivity index (χ3n) is 4.73. The number of benzene rings is 1. The summed E-state index contributed by atoms with van der Waals surface area (Å²) in [5, 5.41) is 3.62. The fraction of sp³-hybridized carbons (Fsp3) is 0.476. The first-order valence-corrected chi connectivity index (χ1v) is 10.3. The molecule has 2 heterocycles. The zero-order chi connectivity index (χ0) is 20.3. The van der Waals surface area contributed by atoms with Gasteiger partial charge in [0.15, 0.2) is 0 Å². The predicted octanol–water partition coefficient (Wildman–Crippen LogP) is 4.52. The van der Waals surface area contributed by atoms with Crippen LogP contribution in [0, 0.1) is 0 Å². The lowest BCUT2D eigenvalue weighted by molar-refractivity contribution is 0.0707. The largest absolute Gasteiger partial charge is 0.449 e. The van der Waals surface area contributed by atoms with Crippen molar-refractivity contribution < 1.29 is 14.3 Å². The van der Waals surface area contributed by atoms with Gasteiger partial charge in [0.1, 0.15) is 0 Å². The average Bonchev–Trinajstić information content (AvgIpc) is 3.07. The second-order valence-corrected chi connectivity index (χ2v) is 9.03. The van der Waals surface area contributed by atoms with Crippen molar-refractivity contribution in [3.63, 3.8) is 0 Å². The second-order valence-electron chi connectivity index (χ2n) is 8.11. The van der Waals surface area contributed by atoms with Gasteiger partial charge in [0.05, 0.1) is 17.7 Å². The number of hydrogen-bond donors (Lipinski definition) is 1. The highest BCUT2D eigenvalue weighted by atomic mass is 79.9. The molecule has 0 radical (unpaired) electrons. The molecule has 1 aliphatic rings. The molecule has 1 fully saturated rings. The van der Waals surface area contributed by atoms with Crippen molar-refractivity contribution in [3.05, 3.63) is 40.5 Å². The fourth-order valence-electron chi connectivity index (χ4n) is 3.49. The van der Waals surface area contributed by atoms with Crippen molar-refractivity contribution in [1.29, 1.82) is 0 Å². The fourth-order valence-corrected chi connectivity index (χ4v) is 3.85. The normalized spacial score (nSPS) is 17.0. The van der Waals surface area contributed by atoms with Gasteiger partial charge in [0.2, 0.25) is 0 Å². The molecule has 0 spiro atoms. The lowest BCUT2D eigenvalue weighted by atomic mass is 10.1. The molecule has 2 amide bonds. The first-order valence-electron chi connectivity index (χ1n) is 9.55. The zero-order valence-electron chi connectivity index (χ0n) is 16.5. The first kappa shape index (κ1) is 20.6. The Bertz CT molecular complexity index is 879. The third kappa shape index (κ3) is 5.01. The number of amides is 2. The van der Waals surface area contributed by atoms with Gasteiger partial charge in [0, 0.05) is 40.6 Å². The van der Waals surface area contributed by atoms with E-state index in [2.05, 4.69) is 26.2 Å². The average molecular weight is 448 g/mol. The second kappa shape index (κ2) is 8.47. The Balaban J connectivity index is 1.67. The summed E-state index contributed by atoms with van der Waals surface area (Å²) in [5.74, 6) is 0.00661. The van der Waals surface area contributed by atoms with Crippen LogP contribution in [-0.4, -0.2) is 46.6 Å². The number of carbonyl (C=O) groups excluding carboxylic acids is 2. The summed E-state index contributed by atoms with van der Waals surface area (Å²) < 4.78 is 6.21. The maximum atomic E-state index is 13.2.